The molecule has 2 aliphatic carbocycles. The summed E-state index contributed by atoms with van der Waals surface area (Å²) in [5.74, 6) is 0.548. The molecule has 5 N–H and O–H groups in total. The molecule has 3 aromatic rings. The highest BCUT2D eigenvalue weighted by atomic mass is 35.5. The number of amides is 1. The Morgan fingerprint density at radius 1 is 1.14 bits per heavy atom. The van der Waals surface area contributed by atoms with Crippen molar-refractivity contribution in [1.82, 2.24) is 19.5 Å². The van der Waals surface area contributed by atoms with Crippen LogP contribution in [0.3, 0.4) is 0 Å². The Balaban J connectivity index is 1.52. The molecule has 0 aliphatic heterocycles. The number of hydrogen-bond acceptors (Lipinski definition) is 8. The molecule has 37 heavy (non-hydrogen) atoms. The van der Waals surface area contributed by atoms with E-state index in [0.29, 0.717) is 63.6 Å². The van der Waals surface area contributed by atoms with E-state index in [1.54, 1.807) is 18.3 Å². The molecular formula is C25H28Cl2N8O2. The van der Waals surface area contributed by atoms with Crippen LogP contribution in [0.2, 0.25) is 10.0 Å². The standard InChI is InChI=1S/C25H28Cl2N8O2/c26-18-8-13(11-28)9-19(27)21(18)33-25-32-20-12-30-24(31-15-2-1-3-17(36)10-15)34-23(20)35(25)16-6-4-14(5-7-16)22(29)37/h8-9,12,14-17,36H,1-7,10H2,(H2,29,37)(H,32,33)(H,30,31,34)/t14?,15-,16?,17+/m1/s1. The number of carbonyl (C=O) groups is 1. The third kappa shape index (κ3) is 5.44. The zero-order valence-corrected chi connectivity index (χ0v) is 21.6. The Labute approximate surface area is 224 Å². The maximum Gasteiger partial charge on any atom is 0.224 e. The summed E-state index contributed by atoms with van der Waals surface area (Å²) < 4.78 is 2.01. The molecule has 0 unspecified atom stereocenters. The van der Waals surface area contributed by atoms with E-state index in [4.69, 9.17) is 38.9 Å². The SMILES string of the molecule is N#Cc1cc(Cl)c(Nc2nc3cnc(N[C@@H]4CCC[C@H](O)C4)nc3n2C2CCC(C(N)=O)CC2)c(Cl)c1. The van der Waals surface area contributed by atoms with Gasteiger partial charge in [0.05, 0.1) is 39.7 Å². The van der Waals surface area contributed by atoms with Gasteiger partial charge in [0.25, 0.3) is 0 Å². The number of halogens is 2. The molecule has 0 bridgehead atoms. The van der Waals surface area contributed by atoms with Gasteiger partial charge in [-0.2, -0.15) is 10.2 Å². The second kappa shape index (κ2) is 10.7. The van der Waals surface area contributed by atoms with Gasteiger partial charge in [0.15, 0.2) is 5.65 Å². The van der Waals surface area contributed by atoms with Crippen LogP contribution in [-0.2, 0) is 4.79 Å². The number of carbonyl (C=O) groups excluding carboxylic acids is 1. The van der Waals surface area contributed by atoms with Crippen LogP contribution in [0.25, 0.3) is 11.2 Å². The first kappa shape index (κ1) is 25.5. The van der Waals surface area contributed by atoms with Crippen LogP contribution in [0.1, 0.15) is 63.0 Å². The molecule has 194 valence electrons. The predicted molar refractivity (Wildman–Crippen MR) is 142 cm³/mol. The minimum absolute atomic E-state index is 0.0123. The van der Waals surface area contributed by atoms with Crippen LogP contribution in [0.5, 0.6) is 0 Å². The average molecular weight is 543 g/mol. The number of primary amides is 1. The van der Waals surface area contributed by atoms with Crippen molar-refractivity contribution < 1.29 is 9.90 Å². The number of hydrogen-bond donors (Lipinski definition) is 4. The summed E-state index contributed by atoms with van der Waals surface area (Å²) in [5.41, 5.74) is 7.58. The van der Waals surface area contributed by atoms with Gasteiger partial charge in [0.2, 0.25) is 17.8 Å². The predicted octanol–water partition coefficient (Wildman–Crippen LogP) is 4.68. The smallest absolute Gasteiger partial charge is 0.224 e. The molecule has 0 saturated heterocycles. The highest BCUT2D eigenvalue weighted by Crippen LogP contribution is 2.39. The van der Waals surface area contributed by atoms with Crippen molar-refractivity contribution in [1.29, 1.82) is 5.26 Å². The molecule has 2 atom stereocenters. The number of rotatable bonds is 6. The number of nitrogens with two attached hydrogens (primary N) is 1. The van der Waals surface area contributed by atoms with Gasteiger partial charge in [-0.1, -0.05) is 23.2 Å². The lowest BCUT2D eigenvalue weighted by Gasteiger charge is -2.29. The first-order chi connectivity index (χ1) is 17.8. The molecule has 0 spiro atoms. The zero-order chi connectivity index (χ0) is 26.1. The van der Waals surface area contributed by atoms with Crippen molar-refractivity contribution in [2.75, 3.05) is 10.6 Å². The van der Waals surface area contributed by atoms with Crippen LogP contribution >= 0.6 is 23.2 Å². The Morgan fingerprint density at radius 3 is 2.51 bits per heavy atom. The van der Waals surface area contributed by atoms with Gasteiger partial charge < -0.3 is 21.5 Å². The molecular weight excluding hydrogens is 515 g/mol. The second-order valence-electron chi connectivity index (χ2n) is 9.83. The molecule has 2 aliphatic rings. The molecule has 1 amide bonds. The molecule has 0 radical (unpaired) electrons. The Kier molecular flexibility index (Phi) is 7.38. The highest BCUT2D eigenvalue weighted by molar-refractivity contribution is 6.39. The van der Waals surface area contributed by atoms with Crippen molar-refractivity contribution in [2.24, 2.45) is 11.7 Å². The van der Waals surface area contributed by atoms with Crippen molar-refractivity contribution in [3.63, 3.8) is 0 Å². The molecule has 2 heterocycles. The van der Waals surface area contributed by atoms with E-state index in [1.807, 2.05) is 10.6 Å². The number of aliphatic hydroxyl groups excluding tert-OH is 1. The lowest BCUT2D eigenvalue weighted by molar-refractivity contribution is -0.122. The summed E-state index contributed by atoms with van der Waals surface area (Å²) in [7, 11) is 0. The number of nitrogens with zero attached hydrogens (tertiary/aromatic N) is 5. The fraction of sp³-hybridized carbons (Fsp3) is 0.480. The topological polar surface area (TPSA) is 155 Å². The number of benzene rings is 1. The fourth-order valence-corrected chi connectivity index (χ4v) is 5.94. The normalized spacial score (nSPS) is 23.9. The first-order valence-corrected chi connectivity index (χ1v) is 13.2. The molecule has 12 heteroatoms. The lowest BCUT2D eigenvalue weighted by Crippen LogP contribution is -2.30. The van der Waals surface area contributed by atoms with Crippen molar-refractivity contribution in [3.05, 3.63) is 33.9 Å². The molecule has 2 aromatic heterocycles. The minimum Gasteiger partial charge on any atom is -0.393 e. The Morgan fingerprint density at radius 2 is 1.86 bits per heavy atom. The summed E-state index contributed by atoms with van der Waals surface area (Å²) in [4.78, 5) is 25.8. The minimum atomic E-state index is -0.321. The van der Waals surface area contributed by atoms with Crippen LogP contribution in [-0.4, -0.2) is 42.7 Å². The van der Waals surface area contributed by atoms with Gasteiger partial charge in [0, 0.05) is 18.0 Å². The first-order valence-electron chi connectivity index (χ1n) is 12.5. The van der Waals surface area contributed by atoms with E-state index >= 15 is 0 Å². The van der Waals surface area contributed by atoms with Crippen LogP contribution in [0, 0.1) is 17.2 Å². The molecule has 5 rings (SSSR count). The number of fused-ring (bicyclic) bond motifs is 1. The molecule has 1 aromatic carbocycles. The number of aliphatic hydroxyl groups is 1. The summed E-state index contributed by atoms with van der Waals surface area (Å²) in [5, 5.41) is 26.5. The lowest BCUT2D eigenvalue weighted by atomic mass is 9.85. The third-order valence-corrected chi connectivity index (χ3v) is 7.88. The van der Waals surface area contributed by atoms with Crippen LogP contribution < -0.4 is 16.4 Å². The van der Waals surface area contributed by atoms with Crippen LogP contribution in [0.4, 0.5) is 17.6 Å². The molecule has 2 fully saturated rings. The van der Waals surface area contributed by atoms with Crippen molar-refractivity contribution in [3.8, 4) is 6.07 Å². The van der Waals surface area contributed by atoms with Gasteiger partial charge in [0.1, 0.15) is 5.52 Å². The van der Waals surface area contributed by atoms with Gasteiger partial charge in [-0.3, -0.25) is 9.36 Å². The molecule has 2 saturated carbocycles. The van der Waals surface area contributed by atoms with Gasteiger partial charge in [-0.25, -0.2) is 9.97 Å². The third-order valence-electron chi connectivity index (χ3n) is 7.28. The number of aromatic nitrogens is 4. The van der Waals surface area contributed by atoms with E-state index < -0.39 is 0 Å². The van der Waals surface area contributed by atoms with Crippen LogP contribution in [0.15, 0.2) is 18.3 Å². The van der Waals surface area contributed by atoms with Crippen molar-refractivity contribution in [2.45, 2.75) is 69.6 Å². The summed E-state index contributed by atoms with van der Waals surface area (Å²) in [6.45, 7) is 0. The Hall–Kier alpha value is -3.13. The van der Waals surface area contributed by atoms with Gasteiger partial charge in [-0.15, -0.1) is 0 Å². The van der Waals surface area contributed by atoms with Crippen molar-refractivity contribution >= 4 is 57.9 Å². The average Bonchev–Trinajstić information content (AvgIpc) is 3.23. The van der Waals surface area contributed by atoms with Gasteiger partial charge >= 0.3 is 0 Å². The maximum atomic E-state index is 11.7. The number of anilines is 3. The second-order valence-corrected chi connectivity index (χ2v) is 10.6. The quantitative estimate of drug-likeness (QED) is 0.349. The number of nitriles is 1. The van der Waals surface area contributed by atoms with E-state index in [-0.39, 0.29) is 30.0 Å². The summed E-state index contributed by atoms with van der Waals surface area (Å²) in [6, 6.07) is 5.24. The largest absolute Gasteiger partial charge is 0.393 e. The van der Waals surface area contributed by atoms with E-state index in [1.165, 1.54) is 0 Å². The maximum absolute atomic E-state index is 11.7. The van der Waals surface area contributed by atoms with E-state index in [2.05, 4.69) is 15.6 Å². The monoisotopic (exact) mass is 542 g/mol. The fourth-order valence-electron chi connectivity index (χ4n) is 5.36. The zero-order valence-electron chi connectivity index (χ0n) is 20.1. The Bertz CT molecular complexity index is 1340. The number of imidazole rings is 1. The number of nitrogens with one attached hydrogen (secondary N) is 2. The summed E-state index contributed by atoms with van der Waals surface area (Å²) in [6.07, 6.45) is 7.51. The van der Waals surface area contributed by atoms with Gasteiger partial charge in [-0.05, 0) is 63.5 Å². The van der Waals surface area contributed by atoms with E-state index in [0.717, 1.165) is 32.1 Å². The van der Waals surface area contributed by atoms with E-state index in [9.17, 15) is 15.2 Å². The molecule has 10 nitrogen and oxygen atoms in total. The highest BCUT2D eigenvalue weighted by Gasteiger charge is 2.30. The summed E-state index contributed by atoms with van der Waals surface area (Å²) >= 11 is 12.9.